The van der Waals surface area contributed by atoms with Crippen molar-refractivity contribution in [3.05, 3.63) is 6.61 Å². The molecule has 0 aliphatic heterocycles. The van der Waals surface area contributed by atoms with Crippen LogP contribution < -0.4 is 0 Å². The molecule has 0 aromatic rings. The van der Waals surface area contributed by atoms with E-state index in [0.29, 0.717) is 12.8 Å². The fourth-order valence-corrected chi connectivity index (χ4v) is 0.433. The fraction of sp³-hybridized carbons (Fsp3) is 0.833. The van der Waals surface area contributed by atoms with Gasteiger partial charge in [0.25, 0.3) is 0 Å². The number of hydrogen-bond donors (Lipinski definition) is 2. The molecule has 0 rings (SSSR count). The van der Waals surface area contributed by atoms with Crippen LogP contribution in [0, 0.1) is 6.61 Å². The van der Waals surface area contributed by atoms with Crippen LogP contribution in [0.5, 0.6) is 0 Å². The van der Waals surface area contributed by atoms with Gasteiger partial charge in [-0.1, -0.05) is 13.8 Å². The Morgan fingerprint density at radius 3 is 1.75 bits per heavy atom. The van der Waals surface area contributed by atoms with Crippen molar-refractivity contribution in [2.75, 3.05) is 0 Å². The number of aliphatic hydroxyl groups is 2. The van der Waals surface area contributed by atoms with Crippen LogP contribution in [0.25, 0.3) is 0 Å². The summed E-state index contributed by atoms with van der Waals surface area (Å²) in [6.07, 6.45) is 1.14. The average Bonchev–Trinajstić information content (AvgIpc) is 1.87. The lowest BCUT2D eigenvalue weighted by molar-refractivity contribution is 0.0209. The SMILES string of the molecule is CCC(O)([CH]O)CC. The van der Waals surface area contributed by atoms with E-state index in [1.165, 1.54) is 0 Å². The first-order valence-corrected chi connectivity index (χ1v) is 2.89. The lowest BCUT2D eigenvalue weighted by Crippen LogP contribution is -2.26. The summed E-state index contributed by atoms with van der Waals surface area (Å²) in [5.41, 5.74) is -0.944. The molecule has 0 bridgehead atoms. The van der Waals surface area contributed by atoms with Gasteiger partial charge in [-0.2, -0.15) is 0 Å². The van der Waals surface area contributed by atoms with E-state index in [9.17, 15) is 0 Å². The van der Waals surface area contributed by atoms with Crippen molar-refractivity contribution in [1.82, 2.24) is 0 Å². The number of hydrogen-bond acceptors (Lipinski definition) is 2. The largest absolute Gasteiger partial charge is 0.387 e. The highest BCUT2D eigenvalue weighted by molar-refractivity contribution is 4.81. The third-order valence-electron chi connectivity index (χ3n) is 1.46. The van der Waals surface area contributed by atoms with Gasteiger partial charge in [0.15, 0.2) is 0 Å². The molecular weight excluding hydrogens is 104 g/mol. The van der Waals surface area contributed by atoms with Gasteiger partial charge in [-0.25, -0.2) is 0 Å². The fourth-order valence-electron chi connectivity index (χ4n) is 0.433. The van der Waals surface area contributed by atoms with Crippen LogP contribution in [0.2, 0.25) is 0 Å². The van der Waals surface area contributed by atoms with Gasteiger partial charge >= 0.3 is 0 Å². The summed E-state index contributed by atoms with van der Waals surface area (Å²) < 4.78 is 0. The summed E-state index contributed by atoms with van der Waals surface area (Å²) in [5, 5.41) is 17.5. The van der Waals surface area contributed by atoms with Crippen LogP contribution in [0.4, 0.5) is 0 Å². The topological polar surface area (TPSA) is 40.5 Å². The van der Waals surface area contributed by atoms with E-state index in [4.69, 9.17) is 10.2 Å². The van der Waals surface area contributed by atoms with E-state index in [-0.39, 0.29) is 0 Å². The molecule has 0 heterocycles. The Labute approximate surface area is 50.2 Å². The molecule has 0 spiro atoms. The van der Waals surface area contributed by atoms with E-state index >= 15 is 0 Å². The lowest BCUT2D eigenvalue weighted by Gasteiger charge is -2.20. The van der Waals surface area contributed by atoms with E-state index in [2.05, 4.69) is 0 Å². The maximum absolute atomic E-state index is 9.13. The summed E-state index contributed by atoms with van der Waals surface area (Å²) in [6.45, 7) is 4.51. The van der Waals surface area contributed by atoms with E-state index in [1.54, 1.807) is 0 Å². The normalized spacial score (nSPS) is 12.0. The highest BCUT2D eigenvalue weighted by Gasteiger charge is 2.20. The van der Waals surface area contributed by atoms with Gasteiger partial charge in [-0.15, -0.1) is 0 Å². The first-order chi connectivity index (χ1) is 3.68. The molecule has 0 unspecified atom stereocenters. The van der Waals surface area contributed by atoms with Crippen molar-refractivity contribution < 1.29 is 10.2 Å². The van der Waals surface area contributed by atoms with Crippen LogP contribution >= 0.6 is 0 Å². The molecule has 0 amide bonds. The Morgan fingerprint density at radius 1 is 1.38 bits per heavy atom. The van der Waals surface area contributed by atoms with Gasteiger partial charge in [0, 0.05) is 0 Å². The molecule has 0 aromatic heterocycles. The molecule has 0 aromatic carbocycles. The summed E-state index contributed by atoms with van der Waals surface area (Å²) in [5.74, 6) is 0. The van der Waals surface area contributed by atoms with E-state index in [0.717, 1.165) is 6.61 Å². The summed E-state index contributed by atoms with van der Waals surface area (Å²) in [6, 6.07) is 0. The average molecular weight is 117 g/mol. The standard InChI is InChI=1S/C6H13O2/c1-3-6(8,4-2)5-7/h5,7-8H,3-4H2,1-2H3. The van der Waals surface area contributed by atoms with Crippen molar-refractivity contribution in [2.24, 2.45) is 0 Å². The number of rotatable bonds is 3. The number of aliphatic hydroxyl groups excluding tert-OH is 1. The summed E-state index contributed by atoms with van der Waals surface area (Å²) in [4.78, 5) is 0. The van der Waals surface area contributed by atoms with Crippen LogP contribution in [0.15, 0.2) is 0 Å². The van der Waals surface area contributed by atoms with Gasteiger partial charge in [-0.3, -0.25) is 0 Å². The predicted octanol–water partition coefficient (Wildman–Crippen LogP) is 1.07. The Morgan fingerprint density at radius 2 is 1.75 bits per heavy atom. The second-order valence-electron chi connectivity index (χ2n) is 1.94. The molecule has 49 valence electrons. The van der Waals surface area contributed by atoms with E-state index in [1.807, 2.05) is 13.8 Å². The molecule has 2 N–H and O–H groups in total. The van der Waals surface area contributed by atoms with Crippen LogP contribution in [0.3, 0.4) is 0 Å². The quantitative estimate of drug-likeness (QED) is 0.580. The minimum Gasteiger partial charge on any atom is -0.387 e. The molecule has 0 saturated carbocycles. The zero-order valence-corrected chi connectivity index (χ0v) is 5.39. The maximum Gasteiger partial charge on any atom is 0.111 e. The first-order valence-electron chi connectivity index (χ1n) is 2.89. The van der Waals surface area contributed by atoms with Crippen molar-refractivity contribution in [1.29, 1.82) is 0 Å². The monoisotopic (exact) mass is 117 g/mol. The Kier molecular flexibility index (Phi) is 3.02. The third-order valence-corrected chi connectivity index (χ3v) is 1.46. The molecule has 1 radical (unpaired) electrons. The van der Waals surface area contributed by atoms with Gasteiger partial charge in [0.05, 0.1) is 5.60 Å². The van der Waals surface area contributed by atoms with Crippen molar-refractivity contribution in [3.8, 4) is 0 Å². The minimum atomic E-state index is -0.944. The summed E-state index contributed by atoms with van der Waals surface area (Å²) >= 11 is 0. The van der Waals surface area contributed by atoms with Crippen LogP contribution in [0.1, 0.15) is 26.7 Å². The molecule has 0 atom stereocenters. The van der Waals surface area contributed by atoms with Crippen LogP contribution in [-0.2, 0) is 0 Å². The van der Waals surface area contributed by atoms with Crippen molar-refractivity contribution in [3.63, 3.8) is 0 Å². The lowest BCUT2D eigenvalue weighted by atomic mass is 9.99. The zero-order valence-electron chi connectivity index (χ0n) is 5.39. The second kappa shape index (κ2) is 3.05. The van der Waals surface area contributed by atoms with Gasteiger partial charge in [0.1, 0.15) is 6.61 Å². The molecule has 0 aliphatic carbocycles. The van der Waals surface area contributed by atoms with Gasteiger partial charge in [-0.05, 0) is 12.8 Å². The molecule has 2 heteroatoms. The molecule has 0 saturated heterocycles. The molecule has 2 nitrogen and oxygen atoms in total. The minimum absolute atomic E-state index is 0.569. The third kappa shape index (κ3) is 1.80. The molecule has 0 aliphatic rings. The van der Waals surface area contributed by atoms with Crippen LogP contribution in [-0.4, -0.2) is 15.8 Å². The Balaban J connectivity index is 3.58. The molecule has 8 heavy (non-hydrogen) atoms. The molecule has 0 fully saturated rings. The van der Waals surface area contributed by atoms with Gasteiger partial charge in [0.2, 0.25) is 0 Å². The summed E-state index contributed by atoms with van der Waals surface area (Å²) in [7, 11) is 0. The smallest absolute Gasteiger partial charge is 0.111 e. The van der Waals surface area contributed by atoms with Crippen molar-refractivity contribution in [2.45, 2.75) is 32.3 Å². The highest BCUT2D eigenvalue weighted by atomic mass is 16.3. The zero-order chi connectivity index (χ0) is 6.62. The van der Waals surface area contributed by atoms with Crippen molar-refractivity contribution >= 4 is 0 Å². The molecular formula is C6H13O2. The Bertz CT molecular complexity index is 49.3. The maximum atomic E-state index is 9.13. The van der Waals surface area contributed by atoms with E-state index < -0.39 is 5.60 Å². The second-order valence-corrected chi connectivity index (χ2v) is 1.94. The van der Waals surface area contributed by atoms with Gasteiger partial charge < -0.3 is 10.2 Å². The highest BCUT2D eigenvalue weighted by Crippen LogP contribution is 2.15. The predicted molar refractivity (Wildman–Crippen MR) is 31.8 cm³/mol. The first kappa shape index (κ1) is 7.92. The Hall–Kier alpha value is -0.0800.